The van der Waals surface area contributed by atoms with E-state index in [0.717, 1.165) is 29.6 Å². The van der Waals surface area contributed by atoms with Crippen molar-refractivity contribution in [2.24, 2.45) is 0 Å². The van der Waals surface area contributed by atoms with Gasteiger partial charge in [-0.25, -0.2) is 4.98 Å². The van der Waals surface area contributed by atoms with Gasteiger partial charge in [-0.2, -0.15) is 0 Å². The molecule has 0 unspecified atom stereocenters. The maximum absolute atomic E-state index is 12.7. The van der Waals surface area contributed by atoms with Crippen LogP contribution in [0.1, 0.15) is 10.4 Å². The van der Waals surface area contributed by atoms with Crippen molar-refractivity contribution in [3.8, 4) is 5.75 Å². The van der Waals surface area contributed by atoms with Crippen molar-refractivity contribution < 1.29 is 9.53 Å². The van der Waals surface area contributed by atoms with E-state index in [1.54, 1.807) is 13.3 Å². The number of pyridine rings is 1. The van der Waals surface area contributed by atoms with E-state index in [9.17, 15) is 4.79 Å². The number of carbonyl (C=O) groups excluding carboxylic acids is 1. The van der Waals surface area contributed by atoms with Gasteiger partial charge in [-0.3, -0.25) is 4.79 Å². The van der Waals surface area contributed by atoms with E-state index < -0.39 is 0 Å². The number of carbonyl (C=O) groups is 1. The number of hydrogen-bond donors (Lipinski definition) is 0. The van der Waals surface area contributed by atoms with E-state index in [1.807, 2.05) is 35.4 Å². The molecule has 1 aromatic carbocycles. The molecule has 0 N–H and O–H groups in total. The summed E-state index contributed by atoms with van der Waals surface area (Å²) in [7, 11) is 1.67. The maximum Gasteiger partial charge on any atom is 0.256 e. The Morgan fingerprint density at radius 3 is 2.46 bits per heavy atom. The van der Waals surface area contributed by atoms with Gasteiger partial charge in [-0.15, -0.1) is 11.8 Å². The van der Waals surface area contributed by atoms with Crippen LogP contribution >= 0.6 is 11.8 Å². The zero-order valence-corrected chi connectivity index (χ0v) is 14.8. The lowest BCUT2D eigenvalue weighted by atomic mass is 10.2. The highest BCUT2D eigenvalue weighted by atomic mass is 32.2. The Morgan fingerprint density at radius 2 is 1.83 bits per heavy atom. The number of aromatic nitrogens is 1. The molecular weight excluding hydrogens is 322 g/mol. The van der Waals surface area contributed by atoms with Crippen molar-refractivity contribution in [2.45, 2.75) is 5.03 Å². The largest absolute Gasteiger partial charge is 0.497 e. The third-order valence-electron chi connectivity index (χ3n) is 4.20. The highest BCUT2D eigenvalue weighted by Gasteiger charge is 2.24. The van der Waals surface area contributed by atoms with E-state index >= 15 is 0 Å². The average Bonchev–Trinajstić information content (AvgIpc) is 2.67. The first-order valence-corrected chi connectivity index (χ1v) is 9.12. The molecule has 0 aliphatic carbocycles. The number of benzene rings is 1. The molecule has 0 atom stereocenters. The molecule has 3 rings (SSSR count). The normalized spacial score (nSPS) is 14.6. The van der Waals surface area contributed by atoms with Crippen LogP contribution in [-0.4, -0.2) is 55.3 Å². The van der Waals surface area contributed by atoms with Crippen molar-refractivity contribution >= 4 is 23.4 Å². The summed E-state index contributed by atoms with van der Waals surface area (Å²) in [4.78, 5) is 21.2. The number of nitrogens with zero attached hydrogens (tertiary/aromatic N) is 3. The summed E-state index contributed by atoms with van der Waals surface area (Å²) in [5.41, 5.74) is 1.86. The maximum atomic E-state index is 12.7. The van der Waals surface area contributed by atoms with Crippen LogP contribution in [0, 0.1) is 0 Å². The molecule has 0 saturated carbocycles. The molecule has 1 fully saturated rings. The lowest BCUT2D eigenvalue weighted by Gasteiger charge is -2.36. The third-order valence-corrected chi connectivity index (χ3v) is 4.91. The fourth-order valence-corrected chi connectivity index (χ4v) is 3.39. The molecule has 0 bridgehead atoms. The van der Waals surface area contributed by atoms with Crippen LogP contribution in [0.4, 0.5) is 5.69 Å². The van der Waals surface area contributed by atoms with Crippen LogP contribution in [0.2, 0.25) is 0 Å². The van der Waals surface area contributed by atoms with Crippen LogP contribution < -0.4 is 9.64 Å². The summed E-state index contributed by atoms with van der Waals surface area (Å²) in [6, 6.07) is 11.7. The van der Waals surface area contributed by atoms with Gasteiger partial charge in [0.2, 0.25) is 0 Å². The minimum absolute atomic E-state index is 0.0711. The predicted molar refractivity (Wildman–Crippen MR) is 97.1 cm³/mol. The first-order valence-electron chi connectivity index (χ1n) is 7.90. The fourth-order valence-electron chi connectivity index (χ4n) is 2.85. The number of methoxy groups -OCH3 is 1. The second-order valence-electron chi connectivity index (χ2n) is 5.54. The molecule has 1 aliphatic rings. The molecule has 6 heteroatoms. The Bertz CT molecular complexity index is 698. The molecule has 5 nitrogen and oxygen atoms in total. The van der Waals surface area contributed by atoms with Gasteiger partial charge < -0.3 is 14.5 Å². The first-order chi connectivity index (χ1) is 11.7. The number of rotatable bonds is 4. The van der Waals surface area contributed by atoms with Crippen LogP contribution in [-0.2, 0) is 0 Å². The molecule has 2 heterocycles. The van der Waals surface area contributed by atoms with Crippen molar-refractivity contribution in [1.29, 1.82) is 0 Å². The summed E-state index contributed by atoms with van der Waals surface area (Å²) >= 11 is 1.51. The molecule has 0 spiro atoms. The zero-order valence-electron chi connectivity index (χ0n) is 13.9. The van der Waals surface area contributed by atoms with Crippen LogP contribution in [0.15, 0.2) is 47.6 Å². The van der Waals surface area contributed by atoms with Crippen LogP contribution in [0.5, 0.6) is 5.75 Å². The minimum atomic E-state index is 0.0711. The zero-order chi connectivity index (χ0) is 16.9. The quantitative estimate of drug-likeness (QED) is 0.799. The number of anilines is 1. The minimum Gasteiger partial charge on any atom is -0.497 e. The van der Waals surface area contributed by atoms with Crippen molar-refractivity contribution in [2.75, 3.05) is 44.4 Å². The highest BCUT2D eigenvalue weighted by Crippen LogP contribution is 2.22. The molecule has 2 aromatic rings. The molecular formula is C18H21N3O2S. The molecule has 1 amide bonds. The van der Waals surface area contributed by atoms with E-state index in [0.29, 0.717) is 18.7 Å². The second-order valence-corrected chi connectivity index (χ2v) is 6.33. The van der Waals surface area contributed by atoms with Gasteiger partial charge in [0.25, 0.3) is 5.91 Å². The van der Waals surface area contributed by atoms with Gasteiger partial charge in [0.1, 0.15) is 10.8 Å². The average molecular weight is 343 g/mol. The molecule has 0 radical (unpaired) electrons. The van der Waals surface area contributed by atoms with Gasteiger partial charge >= 0.3 is 0 Å². The molecule has 126 valence electrons. The number of ether oxygens (including phenoxy) is 1. The topological polar surface area (TPSA) is 45.7 Å². The summed E-state index contributed by atoms with van der Waals surface area (Å²) in [5, 5.41) is 0.792. The summed E-state index contributed by atoms with van der Waals surface area (Å²) in [6.07, 6.45) is 3.67. The van der Waals surface area contributed by atoms with Crippen molar-refractivity contribution in [3.05, 3.63) is 48.2 Å². The monoisotopic (exact) mass is 343 g/mol. The Balaban J connectivity index is 1.65. The van der Waals surface area contributed by atoms with Crippen LogP contribution in [0.3, 0.4) is 0 Å². The molecule has 1 aliphatic heterocycles. The lowest BCUT2D eigenvalue weighted by Crippen LogP contribution is -2.48. The van der Waals surface area contributed by atoms with Crippen LogP contribution in [0.25, 0.3) is 0 Å². The fraction of sp³-hybridized carbons (Fsp3) is 0.333. The van der Waals surface area contributed by atoms with Gasteiger partial charge in [0.15, 0.2) is 0 Å². The van der Waals surface area contributed by atoms with Gasteiger partial charge in [-0.1, -0.05) is 0 Å². The Morgan fingerprint density at radius 1 is 1.12 bits per heavy atom. The van der Waals surface area contributed by atoms with Gasteiger partial charge in [-0.05, 0) is 42.7 Å². The van der Waals surface area contributed by atoms with E-state index in [4.69, 9.17) is 4.74 Å². The second kappa shape index (κ2) is 7.57. The molecule has 1 saturated heterocycles. The number of hydrogen-bond acceptors (Lipinski definition) is 5. The summed E-state index contributed by atoms with van der Waals surface area (Å²) < 4.78 is 5.20. The standard InChI is InChI=1S/C18H21N3O2S/c1-23-15-7-5-14(6-8-15)20-10-12-21(13-11-20)18(22)16-4-3-9-19-17(16)24-2/h3-9H,10-13H2,1-2H3. The van der Waals surface area contributed by atoms with E-state index in [1.165, 1.54) is 11.8 Å². The lowest BCUT2D eigenvalue weighted by molar-refractivity contribution is 0.0742. The Kier molecular flexibility index (Phi) is 5.25. The predicted octanol–water partition coefficient (Wildman–Crippen LogP) is 2.77. The number of piperazine rings is 1. The SMILES string of the molecule is COc1ccc(N2CCN(C(=O)c3cccnc3SC)CC2)cc1. The smallest absolute Gasteiger partial charge is 0.256 e. The summed E-state index contributed by atoms with van der Waals surface area (Å²) in [6.45, 7) is 3.08. The number of amides is 1. The van der Waals surface area contributed by atoms with Gasteiger partial charge in [0.05, 0.1) is 12.7 Å². The first kappa shape index (κ1) is 16.6. The van der Waals surface area contributed by atoms with E-state index in [-0.39, 0.29) is 5.91 Å². The molecule has 1 aromatic heterocycles. The Hall–Kier alpha value is -2.21. The number of thioether (sulfide) groups is 1. The summed E-state index contributed by atoms with van der Waals surface area (Å²) in [5.74, 6) is 0.926. The van der Waals surface area contributed by atoms with Gasteiger partial charge in [0, 0.05) is 38.1 Å². The van der Waals surface area contributed by atoms with Crippen molar-refractivity contribution in [1.82, 2.24) is 9.88 Å². The molecule has 24 heavy (non-hydrogen) atoms. The van der Waals surface area contributed by atoms with Crippen molar-refractivity contribution in [3.63, 3.8) is 0 Å². The van der Waals surface area contributed by atoms with E-state index in [2.05, 4.69) is 22.0 Å². The highest BCUT2D eigenvalue weighted by molar-refractivity contribution is 7.98. The Labute approximate surface area is 146 Å². The third kappa shape index (κ3) is 3.48.